The molecule has 2 aromatic heterocycles. The van der Waals surface area contributed by atoms with Crippen molar-refractivity contribution in [1.29, 1.82) is 0 Å². The third kappa shape index (κ3) is 3.18. The van der Waals surface area contributed by atoms with E-state index < -0.39 is 4.92 Å². The van der Waals surface area contributed by atoms with Crippen molar-refractivity contribution in [2.24, 2.45) is 7.05 Å². The molecule has 0 radical (unpaired) electrons. The minimum Gasteiger partial charge on any atom is -0.364 e. The van der Waals surface area contributed by atoms with E-state index in [0.717, 1.165) is 0 Å². The molecule has 0 atom stereocenters. The van der Waals surface area contributed by atoms with Gasteiger partial charge in [0.25, 0.3) is 0 Å². The van der Waals surface area contributed by atoms with E-state index in [1.165, 1.54) is 4.68 Å². The van der Waals surface area contributed by atoms with Crippen LogP contribution in [0.4, 0.5) is 11.5 Å². The zero-order valence-corrected chi connectivity index (χ0v) is 12.5. The van der Waals surface area contributed by atoms with E-state index in [2.05, 4.69) is 20.6 Å². The Morgan fingerprint density at radius 1 is 1.48 bits per heavy atom. The number of aromatic nitrogens is 4. The first kappa shape index (κ1) is 14.9. The maximum atomic E-state index is 11.3. The second-order valence-corrected chi connectivity index (χ2v) is 5.02. The molecule has 0 amide bonds. The molecule has 0 fully saturated rings. The summed E-state index contributed by atoms with van der Waals surface area (Å²) in [6.07, 6.45) is 0.511. The van der Waals surface area contributed by atoms with Crippen LogP contribution in [0.5, 0.6) is 0 Å². The average molecular weight is 294 g/mol. The van der Waals surface area contributed by atoms with Gasteiger partial charge in [-0.05, 0) is 0 Å². The molecule has 2 rings (SSSR count). The quantitative estimate of drug-likeness (QED) is 0.638. The van der Waals surface area contributed by atoms with Gasteiger partial charge in [0.15, 0.2) is 5.82 Å². The summed E-state index contributed by atoms with van der Waals surface area (Å²) in [6.45, 7) is 5.92. The fourth-order valence-corrected chi connectivity index (χ4v) is 2.04. The van der Waals surface area contributed by atoms with Gasteiger partial charge < -0.3 is 9.84 Å². The van der Waals surface area contributed by atoms with Gasteiger partial charge in [0.1, 0.15) is 5.69 Å². The van der Waals surface area contributed by atoms with Crippen molar-refractivity contribution in [3.05, 3.63) is 27.5 Å². The molecule has 1 N–H and O–H groups in total. The topological polar surface area (TPSA) is 112 Å². The third-order valence-electron chi connectivity index (χ3n) is 2.99. The van der Waals surface area contributed by atoms with Crippen LogP contribution in [0.1, 0.15) is 37.2 Å². The van der Waals surface area contributed by atoms with Gasteiger partial charge in [0.2, 0.25) is 11.7 Å². The Labute approximate surface area is 121 Å². The number of hydrogen-bond acceptors (Lipinski definition) is 7. The predicted molar refractivity (Wildman–Crippen MR) is 75.2 cm³/mol. The molecular formula is C12H18N6O3. The molecular weight excluding hydrogens is 276 g/mol. The van der Waals surface area contributed by atoms with Crippen LogP contribution in [-0.2, 0) is 13.5 Å². The summed E-state index contributed by atoms with van der Waals surface area (Å²) in [7, 11) is 1.68. The van der Waals surface area contributed by atoms with Gasteiger partial charge >= 0.3 is 5.69 Å². The first-order chi connectivity index (χ1) is 9.90. The van der Waals surface area contributed by atoms with E-state index in [9.17, 15) is 10.1 Å². The molecule has 114 valence electrons. The molecule has 2 aromatic rings. The summed E-state index contributed by atoms with van der Waals surface area (Å²) < 4.78 is 6.37. The van der Waals surface area contributed by atoms with E-state index in [4.69, 9.17) is 4.52 Å². The van der Waals surface area contributed by atoms with Gasteiger partial charge in [-0.3, -0.25) is 10.1 Å². The normalized spacial score (nSPS) is 11.1. The van der Waals surface area contributed by atoms with E-state index in [1.807, 2.05) is 13.8 Å². The minimum absolute atomic E-state index is 0.0213. The lowest BCUT2D eigenvalue weighted by Crippen LogP contribution is -2.10. The van der Waals surface area contributed by atoms with Gasteiger partial charge in [-0.15, -0.1) is 0 Å². The lowest BCUT2D eigenvalue weighted by Gasteiger charge is -2.04. The largest absolute Gasteiger partial charge is 0.364 e. The fraction of sp³-hybridized carbons (Fsp3) is 0.583. The summed E-state index contributed by atoms with van der Waals surface area (Å²) in [5.74, 6) is 1.43. The fourth-order valence-electron chi connectivity index (χ4n) is 2.04. The highest BCUT2D eigenvalue weighted by Gasteiger charge is 2.28. The number of aryl methyl sites for hydroxylation is 2. The van der Waals surface area contributed by atoms with Gasteiger partial charge in [-0.2, -0.15) is 10.1 Å². The first-order valence-electron chi connectivity index (χ1n) is 6.64. The smallest absolute Gasteiger partial charge is 0.334 e. The van der Waals surface area contributed by atoms with Crippen LogP contribution in [0.25, 0.3) is 0 Å². The van der Waals surface area contributed by atoms with Crippen molar-refractivity contribution in [2.45, 2.75) is 33.1 Å². The second kappa shape index (κ2) is 5.90. The molecule has 0 aromatic carbocycles. The molecule has 0 aliphatic heterocycles. The van der Waals surface area contributed by atoms with E-state index in [0.29, 0.717) is 36.2 Å². The van der Waals surface area contributed by atoms with Gasteiger partial charge in [-0.1, -0.05) is 19.0 Å². The lowest BCUT2D eigenvalue weighted by atomic mass is 10.1. The number of nitro groups is 1. The zero-order chi connectivity index (χ0) is 15.6. The molecule has 0 unspecified atom stereocenters. The van der Waals surface area contributed by atoms with Crippen LogP contribution in [0.15, 0.2) is 4.52 Å². The maximum absolute atomic E-state index is 11.3. The van der Waals surface area contributed by atoms with Crippen LogP contribution >= 0.6 is 0 Å². The maximum Gasteiger partial charge on any atom is 0.334 e. The molecule has 0 aliphatic rings. The molecule has 0 saturated heterocycles. The van der Waals surface area contributed by atoms with Crippen molar-refractivity contribution >= 4 is 11.5 Å². The Kier molecular flexibility index (Phi) is 4.20. The van der Waals surface area contributed by atoms with E-state index in [-0.39, 0.29) is 11.6 Å². The summed E-state index contributed by atoms with van der Waals surface area (Å²) in [5, 5.41) is 22.3. The highest BCUT2D eigenvalue weighted by molar-refractivity contribution is 5.60. The van der Waals surface area contributed by atoms with Crippen molar-refractivity contribution in [2.75, 3.05) is 11.9 Å². The average Bonchev–Trinajstić information content (AvgIpc) is 2.94. The highest BCUT2D eigenvalue weighted by Crippen LogP contribution is 2.32. The number of hydrogen-bond donors (Lipinski definition) is 1. The van der Waals surface area contributed by atoms with Gasteiger partial charge in [0.05, 0.1) is 4.92 Å². The molecule has 21 heavy (non-hydrogen) atoms. The molecule has 9 heteroatoms. The molecule has 2 heterocycles. The molecule has 0 spiro atoms. The number of anilines is 1. The molecule has 0 saturated carbocycles. The Bertz CT molecular complexity index is 645. The zero-order valence-electron chi connectivity index (χ0n) is 12.5. The molecule has 0 aliphatic carbocycles. The van der Waals surface area contributed by atoms with Crippen molar-refractivity contribution < 1.29 is 9.45 Å². The predicted octanol–water partition coefficient (Wildman–Crippen LogP) is 1.80. The van der Waals surface area contributed by atoms with Crippen molar-refractivity contribution in [1.82, 2.24) is 19.9 Å². The first-order valence-corrected chi connectivity index (χ1v) is 6.64. The SMILES string of the molecule is Cc1nc(CCNc2c([N+](=O)[O-])c(C(C)C)nn2C)no1. The number of nitrogens with one attached hydrogen (secondary N) is 1. The van der Waals surface area contributed by atoms with Crippen LogP contribution in [-0.4, -0.2) is 31.4 Å². The van der Waals surface area contributed by atoms with Crippen LogP contribution in [0, 0.1) is 17.0 Å². The van der Waals surface area contributed by atoms with Crippen LogP contribution in [0.3, 0.4) is 0 Å². The number of nitrogens with zero attached hydrogens (tertiary/aromatic N) is 5. The highest BCUT2D eigenvalue weighted by atomic mass is 16.6. The Hall–Kier alpha value is -2.45. The van der Waals surface area contributed by atoms with E-state index >= 15 is 0 Å². The van der Waals surface area contributed by atoms with E-state index in [1.54, 1.807) is 14.0 Å². The Morgan fingerprint density at radius 3 is 2.71 bits per heavy atom. The van der Waals surface area contributed by atoms with Crippen molar-refractivity contribution in [3.63, 3.8) is 0 Å². The summed E-state index contributed by atoms with van der Waals surface area (Å²) in [6, 6.07) is 0. The van der Waals surface area contributed by atoms with Gasteiger partial charge in [0, 0.05) is 32.9 Å². The monoisotopic (exact) mass is 294 g/mol. The molecule has 9 nitrogen and oxygen atoms in total. The Balaban J connectivity index is 2.13. The van der Waals surface area contributed by atoms with Crippen LogP contribution < -0.4 is 5.32 Å². The summed E-state index contributed by atoms with van der Waals surface area (Å²) >= 11 is 0. The standard InChI is InChI=1S/C12H18N6O3/c1-7(2)10-11(18(19)20)12(17(4)15-10)13-6-5-9-14-8(3)21-16-9/h7,13H,5-6H2,1-4H3. The summed E-state index contributed by atoms with van der Waals surface area (Å²) in [5.41, 5.74) is 0.497. The van der Waals surface area contributed by atoms with Crippen LogP contribution in [0.2, 0.25) is 0 Å². The Morgan fingerprint density at radius 2 is 2.19 bits per heavy atom. The van der Waals surface area contributed by atoms with Gasteiger partial charge in [-0.25, -0.2) is 4.68 Å². The second-order valence-electron chi connectivity index (χ2n) is 5.02. The minimum atomic E-state index is -0.400. The third-order valence-corrected chi connectivity index (χ3v) is 2.99. The molecule has 0 bridgehead atoms. The van der Waals surface area contributed by atoms with Crippen molar-refractivity contribution in [3.8, 4) is 0 Å². The number of rotatable bonds is 6. The lowest BCUT2D eigenvalue weighted by molar-refractivity contribution is -0.384. The summed E-state index contributed by atoms with van der Waals surface area (Å²) in [4.78, 5) is 15.0.